The molecule has 0 saturated heterocycles. The van der Waals surface area contributed by atoms with E-state index in [1.165, 1.54) is 10.6 Å². The van der Waals surface area contributed by atoms with Gasteiger partial charge in [-0.25, -0.2) is 0 Å². The SMILES string of the molecule is O=CC1CCc2ccc(N(Cc3ccccc3)C(=O)[O-])c(=O)n21. The van der Waals surface area contributed by atoms with Gasteiger partial charge in [0.1, 0.15) is 18.1 Å². The van der Waals surface area contributed by atoms with Crippen molar-refractivity contribution in [3.8, 4) is 0 Å². The molecule has 1 amide bonds. The lowest BCUT2D eigenvalue weighted by atomic mass is 10.2. The second-order valence-electron chi connectivity index (χ2n) is 5.46. The van der Waals surface area contributed by atoms with Crippen LogP contribution in [-0.2, 0) is 17.8 Å². The standard InChI is InChI=1S/C17H16N2O4/c20-11-14-7-6-13-8-9-15(16(21)19(13)14)18(17(22)23)10-12-4-2-1-3-5-12/h1-5,8-9,11,14H,6-7,10H2,(H,22,23)/p-1. The van der Waals surface area contributed by atoms with Gasteiger partial charge in [0.15, 0.2) is 0 Å². The van der Waals surface area contributed by atoms with Crippen LogP contribution in [0, 0.1) is 0 Å². The third-order valence-electron chi connectivity index (χ3n) is 4.06. The van der Waals surface area contributed by atoms with Crippen LogP contribution in [0.4, 0.5) is 10.5 Å². The van der Waals surface area contributed by atoms with Crippen molar-refractivity contribution >= 4 is 18.1 Å². The molecule has 1 aromatic heterocycles. The van der Waals surface area contributed by atoms with E-state index in [1.54, 1.807) is 30.3 Å². The highest BCUT2D eigenvalue weighted by molar-refractivity contribution is 5.84. The Balaban J connectivity index is 2.03. The van der Waals surface area contributed by atoms with Gasteiger partial charge in [0.05, 0.1) is 6.04 Å². The summed E-state index contributed by atoms with van der Waals surface area (Å²) in [7, 11) is 0. The zero-order valence-corrected chi connectivity index (χ0v) is 12.3. The maximum atomic E-state index is 12.6. The molecule has 2 heterocycles. The Kier molecular flexibility index (Phi) is 3.97. The highest BCUT2D eigenvalue weighted by atomic mass is 16.4. The van der Waals surface area contributed by atoms with Crippen LogP contribution in [0.1, 0.15) is 23.7 Å². The van der Waals surface area contributed by atoms with Gasteiger partial charge < -0.3 is 24.2 Å². The average molecular weight is 311 g/mol. The second kappa shape index (κ2) is 6.08. The summed E-state index contributed by atoms with van der Waals surface area (Å²) in [6.45, 7) is 0.0174. The predicted octanol–water partition coefficient (Wildman–Crippen LogP) is 0.884. The zero-order valence-electron chi connectivity index (χ0n) is 12.3. The molecule has 23 heavy (non-hydrogen) atoms. The summed E-state index contributed by atoms with van der Waals surface area (Å²) in [4.78, 5) is 36.2. The highest BCUT2D eigenvalue weighted by Gasteiger charge is 2.25. The first kappa shape index (κ1) is 15.0. The van der Waals surface area contributed by atoms with Crippen LogP contribution in [-0.4, -0.2) is 16.9 Å². The number of aromatic nitrogens is 1. The summed E-state index contributed by atoms with van der Waals surface area (Å²) in [6, 6.07) is 11.6. The first-order valence-corrected chi connectivity index (χ1v) is 7.34. The Hall–Kier alpha value is -2.89. The number of pyridine rings is 1. The Morgan fingerprint density at radius 1 is 1.26 bits per heavy atom. The Morgan fingerprint density at radius 3 is 2.65 bits per heavy atom. The molecular weight excluding hydrogens is 296 g/mol. The van der Waals surface area contributed by atoms with E-state index in [9.17, 15) is 19.5 Å². The van der Waals surface area contributed by atoms with Crippen molar-refractivity contribution in [1.29, 1.82) is 0 Å². The average Bonchev–Trinajstić information content (AvgIpc) is 2.98. The molecule has 0 radical (unpaired) electrons. The van der Waals surface area contributed by atoms with Gasteiger partial charge in [-0.05, 0) is 30.5 Å². The molecule has 1 unspecified atom stereocenters. The monoisotopic (exact) mass is 311 g/mol. The van der Waals surface area contributed by atoms with Crippen LogP contribution >= 0.6 is 0 Å². The Labute approximate surface area is 132 Å². The second-order valence-corrected chi connectivity index (χ2v) is 5.46. The minimum atomic E-state index is -1.45. The molecule has 0 saturated carbocycles. The minimum absolute atomic E-state index is 0.00588. The molecule has 1 aliphatic rings. The smallest absolute Gasteiger partial charge is 0.275 e. The number of carbonyl (C=O) groups is 2. The van der Waals surface area contributed by atoms with E-state index in [-0.39, 0.29) is 12.2 Å². The normalized spacial score (nSPS) is 15.9. The fourth-order valence-corrected chi connectivity index (χ4v) is 2.92. The van der Waals surface area contributed by atoms with Crippen LogP contribution < -0.4 is 15.6 Å². The van der Waals surface area contributed by atoms with E-state index in [2.05, 4.69) is 0 Å². The number of carboxylic acid groups (broad SMARTS) is 1. The van der Waals surface area contributed by atoms with Crippen molar-refractivity contribution in [2.45, 2.75) is 25.4 Å². The third-order valence-corrected chi connectivity index (χ3v) is 4.06. The van der Waals surface area contributed by atoms with Crippen molar-refractivity contribution in [2.75, 3.05) is 4.90 Å². The van der Waals surface area contributed by atoms with Gasteiger partial charge >= 0.3 is 0 Å². The van der Waals surface area contributed by atoms with Crippen LogP contribution in [0.2, 0.25) is 0 Å². The van der Waals surface area contributed by atoms with Crippen molar-refractivity contribution < 1.29 is 14.7 Å². The van der Waals surface area contributed by atoms with E-state index in [4.69, 9.17) is 0 Å². The van der Waals surface area contributed by atoms with Gasteiger partial charge in [0.25, 0.3) is 5.56 Å². The Morgan fingerprint density at radius 2 is 2.00 bits per heavy atom. The molecule has 1 atom stereocenters. The summed E-state index contributed by atoms with van der Waals surface area (Å²) in [5, 5.41) is 11.5. The number of aryl methyl sites for hydroxylation is 1. The topological polar surface area (TPSA) is 82.4 Å². The maximum Gasteiger partial charge on any atom is 0.275 e. The van der Waals surface area contributed by atoms with Gasteiger partial charge in [-0.2, -0.15) is 0 Å². The van der Waals surface area contributed by atoms with Crippen molar-refractivity contribution in [2.24, 2.45) is 0 Å². The molecule has 0 spiro atoms. The molecule has 6 heteroatoms. The van der Waals surface area contributed by atoms with Crippen LogP contribution in [0.5, 0.6) is 0 Å². The molecule has 1 aromatic carbocycles. The number of benzene rings is 1. The number of anilines is 1. The van der Waals surface area contributed by atoms with Gasteiger partial charge in [-0.1, -0.05) is 30.3 Å². The zero-order chi connectivity index (χ0) is 16.4. The first-order chi connectivity index (χ1) is 11.1. The van der Waals surface area contributed by atoms with Gasteiger partial charge in [0.2, 0.25) is 0 Å². The number of hydrogen-bond acceptors (Lipinski definition) is 4. The van der Waals surface area contributed by atoms with Crippen LogP contribution in [0.15, 0.2) is 47.3 Å². The van der Waals surface area contributed by atoms with E-state index >= 15 is 0 Å². The fourth-order valence-electron chi connectivity index (χ4n) is 2.92. The number of fused-ring (bicyclic) bond motifs is 1. The molecule has 6 nitrogen and oxygen atoms in total. The van der Waals surface area contributed by atoms with Crippen LogP contribution in [0.25, 0.3) is 0 Å². The first-order valence-electron chi connectivity index (χ1n) is 7.34. The van der Waals surface area contributed by atoms with E-state index < -0.39 is 17.7 Å². The van der Waals surface area contributed by atoms with Crippen molar-refractivity contribution in [3.63, 3.8) is 0 Å². The van der Waals surface area contributed by atoms with E-state index in [1.807, 2.05) is 6.07 Å². The summed E-state index contributed by atoms with van der Waals surface area (Å²) in [6.07, 6.45) is 0.462. The molecule has 0 aliphatic carbocycles. The number of amides is 1. The van der Waals surface area contributed by atoms with Gasteiger partial charge in [-0.15, -0.1) is 0 Å². The molecule has 1 aliphatic heterocycles. The molecule has 0 fully saturated rings. The lowest BCUT2D eigenvalue weighted by Crippen LogP contribution is -2.44. The molecule has 118 valence electrons. The number of nitrogens with zero attached hydrogens (tertiary/aromatic N) is 2. The van der Waals surface area contributed by atoms with E-state index in [0.717, 1.165) is 22.4 Å². The summed E-state index contributed by atoms with van der Waals surface area (Å²) in [5.74, 6) is 0. The summed E-state index contributed by atoms with van der Waals surface area (Å²) < 4.78 is 1.38. The fraction of sp³-hybridized carbons (Fsp3) is 0.235. The lowest BCUT2D eigenvalue weighted by Gasteiger charge is -2.25. The molecule has 3 rings (SSSR count). The van der Waals surface area contributed by atoms with Crippen LogP contribution in [0.3, 0.4) is 0 Å². The highest BCUT2D eigenvalue weighted by Crippen LogP contribution is 2.24. The third kappa shape index (κ3) is 2.75. The number of rotatable bonds is 4. The lowest BCUT2D eigenvalue weighted by molar-refractivity contribution is -0.246. The summed E-state index contributed by atoms with van der Waals surface area (Å²) >= 11 is 0. The number of carbonyl (C=O) groups excluding carboxylic acids is 2. The largest absolute Gasteiger partial charge is 0.530 e. The quantitative estimate of drug-likeness (QED) is 0.785. The Bertz CT molecular complexity index is 798. The molecule has 2 aromatic rings. The van der Waals surface area contributed by atoms with Crippen molar-refractivity contribution in [1.82, 2.24) is 4.57 Å². The molecule has 0 N–H and O–H groups in total. The van der Waals surface area contributed by atoms with Crippen molar-refractivity contribution in [3.05, 3.63) is 64.1 Å². The maximum absolute atomic E-state index is 12.6. The predicted molar refractivity (Wildman–Crippen MR) is 82.1 cm³/mol. The summed E-state index contributed by atoms with van der Waals surface area (Å²) in [5.41, 5.74) is 1.02. The van der Waals surface area contributed by atoms with Gasteiger partial charge in [0, 0.05) is 12.2 Å². The van der Waals surface area contributed by atoms with Gasteiger partial charge in [-0.3, -0.25) is 4.79 Å². The minimum Gasteiger partial charge on any atom is -0.530 e. The number of aldehydes is 1. The van der Waals surface area contributed by atoms with E-state index in [0.29, 0.717) is 12.8 Å². The molecule has 0 bridgehead atoms. The number of hydrogen-bond donors (Lipinski definition) is 0. The molecular formula is C17H15N2O4-.